The molecule has 0 aliphatic carbocycles. The largest absolute Gasteiger partial charge is 0.480 e. The topological polar surface area (TPSA) is 136 Å². The van der Waals surface area contributed by atoms with Gasteiger partial charge in [0, 0.05) is 6.42 Å². The Kier molecular flexibility index (Phi) is 6.57. The van der Waals surface area contributed by atoms with Crippen molar-refractivity contribution < 1.29 is 19.5 Å². The third kappa shape index (κ3) is 6.31. The Balaban J connectivity index is 4.33. The van der Waals surface area contributed by atoms with Crippen molar-refractivity contribution >= 4 is 17.8 Å². The number of carbonyl (C=O) groups is 3. The third-order valence-corrected chi connectivity index (χ3v) is 2.05. The first-order valence-corrected chi connectivity index (χ1v) is 5.06. The number of rotatable bonds is 8. The van der Waals surface area contributed by atoms with Crippen LogP contribution in [0.2, 0.25) is 0 Å². The van der Waals surface area contributed by atoms with E-state index in [4.69, 9.17) is 16.6 Å². The van der Waals surface area contributed by atoms with E-state index in [9.17, 15) is 14.4 Å². The van der Waals surface area contributed by atoms with Crippen LogP contribution < -0.4 is 16.8 Å². The molecule has 0 aromatic heterocycles. The average Bonchev–Trinajstić information content (AvgIpc) is 2.23. The number of aliphatic carboxylic acids is 1. The van der Waals surface area contributed by atoms with Gasteiger partial charge in [-0.1, -0.05) is 6.08 Å². The van der Waals surface area contributed by atoms with Crippen molar-refractivity contribution in [3.8, 4) is 0 Å². The molecule has 0 spiro atoms. The molecule has 0 radical (unpaired) electrons. The number of nitrogens with two attached hydrogens (primary N) is 2. The molecule has 0 aliphatic rings. The van der Waals surface area contributed by atoms with Crippen molar-refractivity contribution in [1.29, 1.82) is 0 Å². The summed E-state index contributed by atoms with van der Waals surface area (Å²) in [5, 5.41) is 11.1. The summed E-state index contributed by atoms with van der Waals surface area (Å²) in [7, 11) is 0. The predicted octanol–water partition coefficient (Wildman–Crippen LogP) is -1.28. The lowest BCUT2D eigenvalue weighted by Crippen LogP contribution is -2.48. The maximum atomic E-state index is 11.4. The Hall–Kier alpha value is -1.89. The van der Waals surface area contributed by atoms with Crippen LogP contribution in [-0.4, -0.2) is 35.0 Å². The number of hydrogen-bond acceptors (Lipinski definition) is 4. The van der Waals surface area contributed by atoms with E-state index < -0.39 is 29.9 Å². The van der Waals surface area contributed by atoms with Crippen LogP contribution in [0.3, 0.4) is 0 Å². The lowest BCUT2D eigenvalue weighted by Gasteiger charge is -2.16. The number of nitrogens with one attached hydrogen (secondary N) is 1. The van der Waals surface area contributed by atoms with E-state index in [-0.39, 0.29) is 19.3 Å². The highest BCUT2D eigenvalue weighted by Crippen LogP contribution is 1.99. The molecule has 0 heterocycles. The normalized spacial score (nSPS) is 13.5. The van der Waals surface area contributed by atoms with Crippen LogP contribution in [0.25, 0.3) is 0 Å². The smallest absolute Gasteiger partial charge is 0.326 e. The number of primary amides is 1. The van der Waals surface area contributed by atoms with Gasteiger partial charge in [-0.3, -0.25) is 9.59 Å². The minimum Gasteiger partial charge on any atom is -0.480 e. The molecule has 0 bridgehead atoms. The van der Waals surface area contributed by atoms with Gasteiger partial charge in [-0.05, 0) is 12.8 Å². The summed E-state index contributed by atoms with van der Waals surface area (Å²) >= 11 is 0. The molecule has 0 aliphatic heterocycles. The number of carboxylic acids is 1. The molecule has 6 N–H and O–H groups in total. The second-order valence-corrected chi connectivity index (χ2v) is 3.54. The summed E-state index contributed by atoms with van der Waals surface area (Å²) in [5.41, 5.74) is 10.4. The summed E-state index contributed by atoms with van der Waals surface area (Å²) in [4.78, 5) is 32.8. The fraction of sp³-hybridized carbons (Fsp3) is 0.500. The molecule has 0 fully saturated rings. The van der Waals surface area contributed by atoms with Crippen molar-refractivity contribution in [2.24, 2.45) is 11.5 Å². The minimum atomic E-state index is -1.23. The highest BCUT2D eigenvalue weighted by molar-refractivity contribution is 5.87. The van der Waals surface area contributed by atoms with Gasteiger partial charge in [0.25, 0.3) is 0 Å². The first-order chi connectivity index (χ1) is 7.88. The third-order valence-electron chi connectivity index (χ3n) is 2.05. The van der Waals surface area contributed by atoms with Crippen LogP contribution in [0, 0.1) is 0 Å². The molecule has 7 nitrogen and oxygen atoms in total. The van der Waals surface area contributed by atoms with Crippen LogP contribution >= 0.6 is 0 Å². The van der Waals surface area contributed by atoms with E-state index in [2.05, 4.69) is 11.9 Å². The molecule has 2 atom stereocenters. The first kappa shape index (κ1) is 15.1. The number of carbonyl (C=O) groups excluding carboxylic acids is 2. The molecule has 0 rings (SSSR count). The molecule has 0 saturated carbocycles. The lowest BCUT2D eigenvalue weighted by molar-refractivity contribution is -0.142. The van der Waals surface area contributed by atoms with Gasteiger partial charge in [-0.2, -0.15) is 0 Å². The maximum absolute atomic E-state index is 11.4. The van der Waals surface area contributed by atoms with Crippen LogP contribution in [-0.2, 0) is 14.4 Å². The van der Waals surface area contributed by atoms with E-state index >= 15 is 0 Å². The molecular formula is C10H17N3O4. The van der Waals surface area contributed by atoms with Crippen LogP contribution in [0.5, 0.6) is 0 Å². The standard InChI is InChI=1S/C10H17N3O4/c1-2-3-6(11)9(15)13-7(10(16)17)4-5-8(12)14/h2,6-7H,1,3-5,11H2,(H2,12,14)(H,13,15)(H,16,17). The highest BCUT2D eigenvalue weighted by Gasteiger charge is 2.22. The van der Waals surface area contributed by atoms with Crippen molar-refractivity contribution in [2.45, 2.75) is 31.3 Å². The van der Waals surface area contributed by atoms with E-state index in [0.717, 1.165) is 0 Å². The van der Waals surface area contributed by atoms with Gasteiger partial charge >= 0.3 is 5.97 Å². The number of hydrogen-bond donors (Lipinski definition) is 4. The number of amides is 2. The van der Waals surface area contributed by atoms with Gasteiger partial charge < -0.3 is 21.9 Å². The molecule has 0 aromatic carbocycles. The Morgan fingerprint density at radius 1 is 1.41 bits per heavy atom. The van der Waals surface area contributed by atoms with Gasteiger partial charge in [-0.15, -0.1) is 6.58 Å². The zero-order valence-electron chi connectivity index (χ0n) is 9.39. The Morgan fingerprint density at radius 3 is 2.41 bits per heavy atom. The monoisotopic (exact) mass is 243 g/mol. The summed E-state index contributed by atoms with van der Waals surface area (Å²) in [6.45, 7) is 3.42. The molecule has 0 saturated heterocycles. The van der Waals surface area contributed by atoms with Crippen LogP contribution in [0.1, 0.15) is 19.3 Å². The molecule has 7 heteroatoms. The quantitative estimate of drug-likeness (QED) is 0.394. The minimum absolute atomic E-state index is 0.0583. The van der Waals surface area contributed by atoms with Crippen LogP contribution in [0.4, 0.5) is 0 Å². The predicted molar refractivity (Wildman–Crippen MR) is 60.8 cm³/mol. The molecular weight excluding hydrogens is 226 g/mol. The summed E-state index contributed by atoms with van der Waals surface area (Å²) in [5.74, 6) is -2.45. The summed E-state index contributed by atoms with van der Waals surface area (Å²) in [6.07, 6.45) is 1.53. The zero-order chi connectivity index (χ0) is 13.4. The lowest BCUT2D eigenvalue weighted by atomic mass is 10.1. The molecule has 2 unspecified atom stereocenters. The fourth-order valence-corrected chi connectivity index (χ4v) is 1.11. The van der Waals surface area contributed by atoms with E-state index in [0.29, 0.717) is 0 Å². The maximum Gasteiger partial charge on any atom is 0.326 e. The van der Waals surface area contributed by atoms with Gasteiger partial charge in [0.15, 0.2) is 0 Å². The van der Waals surface area contributed by atoms with E-state index in [1.165, 1.54) is 6.08 Å². The van der Waals surface area contributed by atoms with Crippen molar-refractivity contribution in [3.05, 3.63) is 12.7 Å². The highest BCUT2D eigenvalue weighted by atomic mass is 16.4. The van der Waals surface area contributed by atoms with Gasteiger partial charge in [-0.25, -0.2) is 4.79 Å². The van der Waals surface area contributed by atoms with Crippen molar-refractivity contribution in [1.82, 2.24) is 5.32 Å². The second kappa shape index (κ2) is 7.39. The zero-order valence-corrected chi connectivity index (χ0v) is 9.39. The van der Waals surface area contributed by atoms with Crippen molar-refractivity contribution in [3.63, 3.8) is 0 Å². The molecule has 17 heavy (non-hydrogen) atoms. The van der Waals surface area contributed by atoms with Crippen molar-refractivity contribution in [2.75, 3.05) is 0 Å². The fourth-order valence-electron chi connectivity index (χ4n) is 1.11. The average molecular weight is 243 g/mol. The SMILES string of the molecule is C=CCC(N)C(=O)NC(CCC(N)=O)C(=O)O. The number of carboxylic acid groups (broad SMARTS) is 1. The first-order valence-electron chi connectivity index (χ1n) is 5.06. The Morgan fingerprint density at radius 2 is 2.00 bits per heavy atom. The second-order valence-electron chi connectivity index (χ2n) is 3.54. The molecule has 0 aromatic rings. The molecule has 2 amide bonds. The van der Waals surface area contributed by atoms with E-state index in [1.807, 2.05) is 0 Å². The van der Waals surface area contributed by atoms with Crippen LogP contribution in [0.15, 0.2) is 12.7 Å². The van der Waals surface area contributed by atoms with E-state index in [1.54, 1.807) is 0 Å². The summed E-state index contributed by atoms with van der Waals surface area (Å²) in [6, 6.07) is -2.01. The molecule has 96 valence electrons. The Labute approximate surface area is 98.8 Å². The van der Waals surface area contributed by atoms with Gasteiger partial charge in [0.1, 0.15) is 6.04 Å². The van der Waals surface area contributed by atoms with Gasteiger partial charge in [0.2, 0.25) is 11.8 Å². The Bertz CT molecular complexity index is 317. The van der Waals surface area contributed by atoms with Gasteiger partial charge in [0.05, 0.1) is 6.04 Å². The summed E-state index contributed by atoms with van der Waals surface area (Å²) < 4.78 is 0.